The fourth-order valence-corrected chi connectivity index (χ4v) is 2.78. The third kappa shape index (κ3) is 2.45. The van der Waals surface area contributed by atoms with E-state index in [1.807, 2.05) is 6.07 Å². The van der Waals surface area contributed by atoms with E-state index in [2.05, 4.69) is 27.2 Å². The number of hydrogen-bond acceptors (Lipinski definition) is 5. The van der Waals surface area contributed by atoms with Gasteiger partial charge in [-0.3, -0.25) is 0 Å². The molecule has 0 aliphatic heterocycles. The zero-order valence-electron chi connectivity index (χ0n) is 11.1. The lowest BCUT2D eigenvalue weighted by molar-refractivity contribution is 0.349. The van der Waals surface area contributed by atoms with Crippen LogP contribution in [0.4, 0.5) is 11.6 Å². The summed E-state index contributed by atoms with van der Waals surface area (Å²) in [5.41, 5.74) is 6.34. The SMILES string of the molecule is CC1CCCCC1Nc1ncnc2nc(N)ccc12. The first kappa shape index (κ1) is 12.1. The molecule has 0 bridgehead atoms. The predicted octanol–water partition coefficient (Wildman–Crippen LogP) is 2.60. The molecule has 1 saturated carbocycles. The molecule has 2 aromatic heterocycles. The molecule has 2 aromatic rings. The lowest BCUT2D eigenvalue weighted by atomic mass is 9.86. The van der Waals surface area contributed by atoms with Crippen molar-refractivity contribution in [1.82, 2.24) is 15.0 Å². The van der Waals surface area contributed by atoms with E-state index in [0.717, 1.165) is 11.2 Å². The van der Waals surface area contributed by atoms with Crippen molar-refractivity contribution in [2.75, 3.05) is 11.1 Å². The number of rotatable bonds is 2. The van der Waals surface area contributed by atoms with Crippen LogP contribution in [0.1, 0.15) is 32.6 Å². The molecule has 3 rings (SSSR count). The maximum atomic E-state index is 5.69. The maximum absolute atomic E-state index is 5.69. The van der Waals surface area contributed by atoms with Crippen LogP contribution >= 0.6 is 0 Å². The van der Waals surface area contributed by atoms with Crippen molar-refractivity contribution in [1.29, 1.82) is 0 Å². The minimum absolute atomic E-state index is 0.489. The van der Waals surface area contributed by atoms with Crippen LogP contribution in [0.15, 0.2) is 18.5 Å². The first-order valence-electron chi connectivity index (χ1n) is 6.88. The molecule has 5 nitrogen and oxygen atoms in total. The van der Waals surface area contributed by atoms with Crippen LogP contribution < -0.4 is 11.1 Å². The second-order valence-electron chi connectivity index (χ2n) is 5.34. The van der Waals surface area contributed by atoms with Gasteiger partial charge in [0.15, 0.2) is 5.65 Å². The first-order valence-corrected chi connectivity index (χ1v) is 6.88. The number of pyridine rings is 1. The van der Waals surface area contributed by atoms with Gasteiger partial charge in [0.2, 0.25) is 0 Å². The monoisotopic (exact) mass is 257 g/mol. The summed E-state index contributed by atoms with van der Waals surface area (Å²) in [6.45, 7) is 2.30. The normalized spacial score (nSPS) is 23.4. The number of nitrogens with one attached hydrogen (secondary N) is 1. The smallest absolute Gasteiger partial charge is 0.166 e. The summed E-state index contributed by atoms with van der Waals surface area (Å²) in [6, 6.07) is 4.22. The Bertz CT molecular complexity index is 583. The van der Waals surface area contributed by atoms with Crippen LogP contribution in [0.5, 0.6) is 0 Å². The van der Waals surface area contributed by atoms with Crippen molar-refractivity contribution >= 4 is 22.7 Å². The minimum Gasteiger partial charge on any atom is -0.384 e. The molecule has 1 aliphatic carbocycles. The van der Waals surface area contributed by atoms with Crippen LogP contribution in [-0.4, -0.2) is 21.0 Å². The quantitative estimate of drug-likeness (QED) is 0.864. The van der Waals surface area contributed by atoms with E-state index < -0.39 is 0 Å². The Kier molecular flexibility index (Phi) is 3.19. The molecule has 1 fully saturated rings. The molecule has 19 heavy (non-hydrogen) atoms. The van der Waals surface area contributed by atoms with Gasteiger partial charge in [0, 0.05) is 6.04 Å². The Morgan fingerprint density at radius 1 is 1.21 bits per heavy atom. The van der Waals surface area contributed by atoms with E-state index >= 15 is 0 Å². The Balaban J connectivity index is 1.92. The molecule has 3 N–H and O–H groups in total. The number of aromatic nitrogens is 3. The molecule has 5 heteroatoms. The highest BCUT2D eigenvalue weighted by molar-refractivity contribution is 5.87. The van der Waals surface area contributed by atoms with Crippen molar-refractivity contribution in [3.8, 4) is 0 Å². The summed E-state index contributed by atoms with van der Waals surface area (Å²) in [5, 5.41) is 4.50. The number of fused-ring (bicyclic) bond motifs is 1. The van der Waals surface area contributed by atoms with Crippen LogP contribution in [0.25, 0.3) is 11.0 Å². The molecule has 2 unspecified atom stereocenters. The molecule has 0 amide bonds. The number of hydrogen-bond donors (Lipinski definition) is 2. The van der Waals surface area contributed by atoms with E-state index in [0.29, 0.717) is 23.4 Å². The fourth-order valence-electron chi connectivity index (χ4n) is 2.78. The summed E-state index contributed by atoms with van der Waals surface area (Å²) in [4.78, 5) is 12.8. The van der Waals surface area contributed by atoms with Gasteiger partial charge in [0.05, 0.1) is 5.39 Å². The highest BCUT2D eigenvalue weighted by atomic mass is 15.1. The predicted molar refractivity (Wildman–Crippen MR) is 76.8 cm³/mol. The molecule has 0 spiro atoms. The van der Waals surface area contributed by atoms with Crippen molar-refractivity contribution in [3.63, 3.8) is 0 Å². The summed E-state index contributed by atoms with van der Waals surface area (Å²) < 4.78 is 0. The van der Waals surface area contributed by atoms with Gasteiger partial charge in [-0.2, -0.15) is 0 Å². The topological polar surface area (TPSA) is 76.7 Å². The van der Waals surface area contributed by atoms with Gasteiger partial charge in [-0.25, -0.2) is 15.0 Å². The van der Waals surface area contributed by atoms with E-state index in [9.17, 15) is 0 Å². The number of nitrogens with two attached hydrogens (primary N) is 1. The van der Waals surface area contributed by atoms with E-state index in [1.54, 1.807) is 12.4 Å². The standard InChI is InChI=1S/C14H19N5/c1-9-4-2-3-5-11(9)18-13-10-6-7-12(15)19-14(10)17-8-16-13/h6-9,11H,2-5H2,1H3,(H3,15,16,17,18,19). The molecule has 0 saturated heterocycles. The molecule has 1 aliphatic rings. The lowest BCUT2D eigenvalue weighted by Gasteiger charge is -2.30. The van der Waals surface area contributed by atoms with Gasteiger partial charge in [-0.1, -0.05) is 19.8 Å². The van der Waals surface area contributed by atoms with E-state index in [4.69, 9.17) is 5.73 Å². The summed E-state index contributed by atoms with van der Waals surface area (Å²) >= 11 is 0. The van der Waals surface area contributed by atoms with E-state index in [1.165, 1.54) is 25.7 Å². The average Bonchev–Trinajstić information content (AvgIpc) is 2.41. The van der Waals surface area contributed by atoms with Crippen LogP contribution in [0.2, 0.25) is 0 Å². The number of nitrogens with zero attached hydrogens (tertiary/aromatic N) is 3. The largest absolute Gasteiger partial charge is 0.384 e. The molecule has 0 aromatic carbocycles. The molecular formula is C14H19N5. The van der Waals surface area contributed by atoms with Gasteiger partial charge < -0.3 is 11.1 Å². The highest BCUT2D eigenvalue weighted by Gasteiger charge is 2.22. The van der Waals surface area contributed by atoms with Crippen molar-refractivity contribution < 1.29 is 0 Å². The lowest BCUT2D eigenvalue weighted by Crippen LogP contribution is -2.30. The van der Waals surface area contributed by atoms with Gasteiger partial charge in [-0.05, 0) is 30.9 Å². The second-order valence-corrected chi connectivity index (χ2v) is 5.34. The average molecular weight is 257 g/mol. The molecule has 100 valence electrons. The van der Waals surface area contributed by atoms with Crippen LogP contribution in [-0.2, 0) is 0 Å². The minimum atomic E-state index is 0.489. The first-order chi connectivity index (χ1) is 9.24. The van der Waals surface area contributed by atoms with Crippen molar-refractivity contribution in [2.45, 2.75) is 38.6 Å². The Hall–Kier alpha value is -1.91. The highest BCUT2D eigenvalue weighted by Crippen LogP contribution is 2.28. The van der Waals surface area contributed by atoms with Crippen molar-refractivity contribution in [2.24, 2.45) is 5.92 Å². The number of nitrogen functional groups attached to an aromatic ring is 1. The fraction of sp³-hybridized carbons (Fsp3) is 0.500. The van der Waals surface area contributed by atoms with Gasteiger partial charge >= 0.3 is 0 Å². The summed E-state index contributed by atoms with van der Waals surface area (Å²) in [6.07, 6.45) is 6.66. The zero-order valence-corrected chi connectivity index (χ0v) is 11.1. The Labute approximate surface area is 112 Å². The zero-order chi connectivity index (χ0) is 13.2. The summed E-state index contributed by atoms with van der Waals surface area (Å²) in [7, 11) is 0. The molecule has 0 radical (unpaired) electrons. The third-order valence-corrected chi connectivity index (χ3v) is 3.95. The molecular weight excluding hydrogens is 238 g/mol. The second kappa shape index (κ2) is 4.99. The van der Waals surface area contributed by atoms with Gasteiger partial charge in [0.1, 0.15) is 18.0 Å². The van der Waals surface area contributed by atoms with E-state index in [-0.39, 0.29) is 0 Å². The van der Waals surface area contributed by atoms with Crippen LogP contribution in [0.3, 0.4) is 0 Å². The van der Waals surface area contributed by atoms with Crippen LogP contribution in [0, 0.1) is 5.92 Å². The van der Waals surface area contributed by atoms with Gasteiger partial charge in [0.25, 0.3) is 0 Å². The molecule has 2 heterocycles. The third-order valence-electron chi connectivity index (χ3n) is 3.95. The Morgan fingerprint density at radius 3 is 2.89 bits per heavy atom. The summed E-state index contributed by atoms with van der Waals surface area (Å²) in [5.74, 6) is 2.04. The Morgan fingerprint density at radius 2 is 2.05 bits per heavy atom. The number of anilines is 2. The molecule has 2 atom stereocenters. The maximum Gasteiger partial charge on any atom is 0.166 e. The van der Waals surface area contributed by atoms with Gasteiger partial charge in [-0.15, -0.1) is 0 Å². The van der Waals surface area contributed by atoms with Crippen molar-refractivity contribution in [3.05, 3.63) is 18.5 Å².